The van der Waals surface area contributed by atoms with Gasteiger partial charge in [-0.3, -0.25) is 4.79 Å². The molecule has 0 radical (unpaired) electrons. The SMILES string of the molecule is COC(=O)Cc1ncc(-c2ccc(C)c(C)c2)[nH]1. The molecular weight excluding hydrogens is 228 g/mol. The van der Waals surface area contributed by atoms with Gasteiger partial charge in [-0.1, -0.05) is 12.1 Å². The molecule has 0 atom stereocenters. The van der Waals surface area contributed by atoms with Gasteiger partial charge < -0.3 is 9.72 Å². The number of nitrogens with one attached hydrogen (secondary N) is 1. The molecule has 1 aromatic carbocycles. The maximum absolute atomic E-state index is 11.1. The number of aryl methyl sites for hydroxylation is 2. The number of H-pyrrole nitrogens is 1. The molecule has 0 spiro atoms. The lowest BCUT2D eigenvalue weighted by Crippen LogP contribution is -2.05. The zero-order valence-corrected chi connectivity index (χ0v) is 10.8. The van der Waals surface area contributed by atoms with Crippen LogP contribution >= 0.6 is 0 Å². The number of nitrogens with zero attached hydrogens (tertiary/aromatic N) is 1. The second-order valence-electron chi connectivity index (χ2n) is 4.30. The molecule has 0 saturated heterocycles. The Bertz CT molecular complexity index is 573. The van der Waals surface area contributed by atoms with Crippen molar-refractivity contribution in [3.8, 4) is 11.3 Å². The van der Waals surface area contributed by atoms with Gasteiger partial charge in [0, 0.05) is 0 Å². The maximum Gasteiger partial charge on any atom is 0.313 e. The van der Waals surface area contributed by atoms with Crippen LogP contribution in [0.3, 0.4) is 0 Å². The largest absolute Gasteiger partial charge is 0.469 e. The zero-order chi connectivity index (χ0) is 13.1. The molecule has 0 bridgehead atoms. The second kappa shape index (κ2) is 5.04. The van der Waals surface area contributed by atoms with Crippen molar-refractivity contribution in [1.29, 1.82) is 0 Å². The molecule has 94 valence electrons. The first kappa shape index (κ1) is 12.4. The molecule has 18 heavy (non-hydrogen) atoms. The van der Waals surface area contributed by atoms with E-state index in [9.17, 15) is 4.79 Å². The Balaban J connectivity index is 2.23. The van der Waals surface area contributed by atoms with Crippen molar-refractivity contribution >= 4 is 5.97 Å². The Morgan fingerprint density at radius 1 is 1.33 bits per heavy atom. The number of aromatic amines is 1. The minimum atomic E-state index is -0.295. The number of imidazole rings is 1. The summed E-state index contributed by atoms with van der Waals surface area (Å²) >= 11 is 0. The number of methoxy groups -OCH3 is 1. The molecule has 0 aliphatic carbocycles. The first-order chi connectivity index (χ1) is 8.60. The van der Waals surface area contributed by atoms with Crippen LogP contribution in [0.5, 0.6) is 0 Å². The maximum atomic E-state index is 11.1. The normalized spacial score (nSPS) is 10.4. The summed E-state index contributed by atoms with van der Waals surface area (Å²) in [6.45, 7) is 4.15. The summed E-state index contributed by atoms with van der Waals surface area (Å²) < 4.78 is 4.61. The fourth-order valence-electron chi connectivity index (χ4n) is 1.72. The zero-order valence-electron chi connectivity index (χ0n) is 10.8. The van der Waals surface area contributed by atoms with Crippen LogP contribution in [0.25, 0.3) is 11.3 Å². The van der Waals surface area contributed by atoms with E-state index in [0.717, 1.165) is 11.3 Å². The Morgan fingerprint density at radius 2 is 2.11 bits per heavy atom. The molecular formula is C14H16N2O2. The highest BCUT2D eigenvalue weighted by atomic mass is 16.5. The summed E-state index contributed by atoms with van der Waals surface area (Å²) in [5, 5.41) is 0. The summed E-state index contributed by atoms with van der Waals surface area (Å²) in [6, 6.07) is 6.22. The van der Waals surface area contributed by atoms with Crippen molar-refractivity contribution in [2.24, 2.45) is 0 Å². The van der Waals surface area contributed by atoms with Gasteiger partial charge in [0.25, 0.3) is 0 Å². The molecule has 0 aliphatic heterocycles. The van der Waals surface area contributed by atoms with Crippen LogP contribution in [0, 0.1) is 13.8 Å². The number of ether oxygens (including phenoxy) is 1. The van der Waals surface area contributed by atoms with Crippen LogP contribution in [0.15, 0.2) is 24.4 Å². The first-order valence-electron chi connectivity index (χ1n) is 5.78. The van der Waals surface area contributed by atoms with Crippen molar-refractivity contribution in [2.75, 3.05) is 7.11 Å². The second-order valence-corrected chi connectivity index (χ2v) is 4.30. The number of hydrogen-bond acceptors (Lipinski definition) is 3. The van der Waals surface area contributed by atoms with Gasteiger partial charge in [0.05, 0.1) is 19.0 Å². The van der Waals surface area contributed by atoms with Crippen LogP contribution in [0.1, 0.15) is 17.0 Å². The van der Waals surface area contributed by atoms with E-state index in [1.165, 1.54) is 18.2 Å². The van der Waals surface area contributed by atoms with Gasteiger partial charge in [0.15, 0.2) is 0 Å². The number of carbonyl (C=O) groups excluding carboxylic acids is 1. The average molecular weight is 244 g/mol. The van der Waals surface area contributed by atoms with Crippen LogP contribution in [0.2, 0.25) is 0 Å². The molecule has 4 heteroatoms. The molecule has 0 unspecified atom stereocenters. The van der Waals surface area contributed by atoms with Gasteiger partial charge in [-0.15, -0.1) is 0 Å². The Hall–Kier alpha value is -2.10. The molecule has 2 aromatic rings. The Morgan fingerprint density at radius 3 is 2.78 bits per heavy atom. The van der Waals surface area contributed by atoms with Crippen LogP contribution in [-0.4, -0.2) is 23.0 Å². The highest BCUT2D eigenvalue weighted by Gasteiger charge is 2.08. The molecule has 1 aromatic heterocycles. The third-order valence-corrected chi connectivity index (χ3v) is 2.99. The fraction of sp³-hybridized carbons (Fsp3) is 0.286. The molecule has 1 N–H and O–H groups in total. The lowest BCUT2D eigenvalue weighted by atomic mass is 10.1. The smallest absolute Gasteiger partial charge is 0.313 e. The Kier molecular flexibility index (Phi) is 3.46. The molecule has 4 nitrogen and oxygen atoms in total. The van der Waals surface area contributed by atoms with E-state index in [1.807, 2.05) is 6.07 Å². The van der Waals surface area contributed by atoms with E-state index in [-0.39, 0.29) is 12.4 Å². The average Bonchev–Trinajstić information content (AvgIpc) is 2.81. The van der Waals surface area contributed by atoms with E-state index in [0.29, 0.717) is 5.82 Å². The lowest BCUT2D eigenvalue weighted by molar-refractivity contribution is -0.139. The van der Waals surface area contributed by atoms with E-state index in [1.54, 1.807) is 6.20 Å². The standard InChI is InChI=1S/C14H16N2O2/c1-9-4-5-11(6-10(9)2)12-8-15-13(16-12)7-14(17)18-3/h4-6,8H,7H2,1-3H3,(H,15,16). The molecule has 0 fully saturated rings. The van der Waals surface area contributed by atoms with Gasteiger partial charge in [0.1, 0.15) is 12.2 Å². The van der Waals surface area contributed by atoms with Gasteiger partial charge >= 0.3 is 5.97 Å². The van der Waals surface area contributed by atoms with Crippen molar-refractivity contribution in [2.45, 2.75) is 20.3 Å². The number of hydrogen-bond donors (Lipinski definition) is 1. The van der Waals surface area contributed by atoms with E-state index in [4.69, 9.17) is 0 Å². The van der Waals surface area contributed by atoms with Gasteiger partial charge in [-0.2, -0.15) is 0 Å². The van der Waals surface area contributed by atoms with E-state index in [2.05, 4.69) is 40.7 Å². The van der Waals surface area contributed by atoms with Crippen molar-refractivity contribution in [1.82, 2.24) is 9.97 Å². The van der Waals surface area contributed by atoms with E-state index < -0.39 is 0 Å². The predicted molar refractivity (Wildman–Crippen MR) is 69.2 cm³/mol. The first-order valence-corrected chi connectivity index (χ1v) is 5.78. The summed E-state index contributed by atoms with van der Waals surface area (Å²) in [5.74, 6) is 0.325. The van der Waals surface area contributed by atoms with Crippen LogP contribution in [0.4, 0.5) is 0 Å². The topological polar surface area (TPSA) is 55.0 Å². The van der Waals surface area contributed by atoms with Gasteiger partial charge in [0.2, 0.25) is 0 Å². The quantitative estimate of drug-likeness (QED) is 0.843. The van der Waals surface area contributed by atoms with Gasteiger partial charge in [-0.05, 0) is 36.6 Å². The number of rotatable bonds is 3. The Labute approximate surface area is 106 Å². The highest BCUT2D eigenvalue weighted by molar-refractivity contribution is 5.71. The van der Waals surface area contributed by atoms with Crippen LogP contribution in [-0.2, 0) is 16.0 Å². The van der Waals surface area contributed by atoms with Crippen molar-refractivity contribution in [3.63, 3.8) is 0 Å². The summed E-state index contributed by atoms with van der Waals surface area (Å²) in [6.07, 6.45) is 1.91. The third-order valence-electron chi connectivity index (χ3n) is 2.99. The number of carbonyl (C=O) groups is 1. The lowest BCUT2D eigenvalue weighted by Gasteiger charge is -2.02. The number of aromatic nitrogens is 2. The number of benzene rings is 1. The van der Waals surface area contributed by atoms with Crippen molar-refractivity contribution < 1.29 is 9.53 Å². The minimum absolute atomic E-state index is 0.168. The van der Waals surface area contributed by atoms with Crippen molar-refractivity contribution in [3.05, 3.63) is 41.3 Å². The minimum Gasteiger partial charge on any atom is -0.469 e. The molecule has 0 saturated carbocycles. The third kappa shape index (κ3) is 2.59. The molecule has 2 rings (SSSR count). The summed E-state index contributed by atoms with van der Waals surface area (Å²) in [4.78, 5) is 18.4. The predicted octanol–water partition coefficient (Wildman–Crippen LogP) is 2.41. The molecule has 0 amide bonds. The van der Waals surface area contributed by atoms with Gasteiger partial charge in [-0.25, -0.2) is 4.98 Å². The molecule has 1 heterocycles. The van der Waals surface area contributed by atoms with Crippen LogP contribution < -0.4 is 0 Å². The summed E-state index contributed by atoms with van der Waals surface area (Å²) in [5.41, 5.74) is 4.48. The summed E-state index contributed by atoms with van der Waals surface area (Å²) in [7, 11) is 1.37. The van der Waals surface area contributed by atoms with E-state index >= 15 is 0 Å². The number of esters is 1. The monoisotopic (exact) mass is 244 g/mol. The fourth-order valence-corrected chi connectivity index (χ4v) is 1.72. The molecule has 0 aliphatic rings. The highest BCUT2D eigenvalue weighted by Crippen LogP contribution is 2.20.